The number of aryl methyl sites for hydroxylation is 1. The van der Waals surface area contributed by atoms with Gasteiger partial charge in [-0.15, -0.1) is 11.3 Å². The van der Waals surface area contributed by atoms with Gasteiger partial charge in [-0.1, -0.05) is 10.3 Å². The van der Waals surface area contributed by atoms with Crippen molar-refractivity contribution in [3.63, 3.8) is 0 Å². The van der Waals surface area contributed by atoms with Crippen LogP contribution in [0.3, 0.4) is 0 Å². The van der Waals surface area contributed by atoms with Crippen LogP contribution in [-0.2, 0) is 6.54 Å². The second-order valence-corrected chi connectivity index (χ2v) is 4.69. The van der Waals surface area contributed by atoms with Crippen molar-refractivity contribution in [1.82, 2.24) is 14.9 Å². The molecule has 0 aliphatic heterocycles. The van der Waals surface area contributed by atoms with Gasteiger partial charge in [0.25, 0.3) is 5.56 Å². The summed E-state index contributed by atoms with van der Waals surface area (Å²) in [4.78, 5) is 12.1. The van der Waals surface area contributed by atoms with Crippen LogP contribution in [0.2, 0.25) is 0 Å². The van der Waals surface area contributed by atoms with Gasteiger partial charge in [0.1, 0.15) is 11.4 Å². The number of fused-ring (bicyclic) bond motifs is 1. The molecule has 0 aliphatic rings. The summed E-state index contributed by atoms with van der Waals surface area (Å²) in [6, 6.07) is 3.77. The molecule has 86 valence electrons. The van der Waals surface area contributed by atoms with Crippen molar-refractivity contribution in [1.29, 1.82) is 0 Å². The van der Waals surface area contributed by atoms with Crippen LogP contribution < -0.4 is 5.56 Å². The fourth-order valence-electron chi connectivity index (χ4n) is 1.69. The molecule has 0 fully saturated rings. The number of nitrogens with zero attached hydrogens (tertiary/aromatic N) is 3. The molecule has 0 aliphatic carbocycles. The summed E-state index contributed by atoms with van der Waals surface area (Å²) in [5, 5.41) is 10.1. The number of pyridine rings is 1. The minimum Gasteiger partial charge on any atom is -0.309 e. The Morgan fingerprint density at radius 3 is 3.06 bits per heavy atom. The van der Waals surface area contributed by atoms with E-state index in [9.17, 15) is 4.79 Å². The molecule has 0 spiro atoms. The van der Waals surface area contributed by atoms with E-state index in [0.29, 0.717) is 17.9 Å². The zero-order chi connectivity index (χ0) is 11.8. The van der Waals surface area contributed by atoms with E-state index in [0.717, 1.165) is 10.1 Å². The minimum atomic E-state index is -0.00819. The Bertz CT molecular complexity index is 725. The molecule has 3 heterocycles. The minimum absolute atomic E-state index is 0.00819. The molecule has 0 N–H and O–H groups in total. The molecular weight excluding hydrogens is 238 g/mol. The highest BCUT2D eigenvalue weighted by molar-refractivity contribution is 7.17. The van der Waals surface area contributed by atoms with E-state index >= 15 is 0 Å². The first kappa shape index (κ1) is 10.2. The fourth-order valence-corrected chi connectivity index (χ4v) is 2.46. The van der Waals surface area contributed by atoms with E-state index in [1.807, 2.05) is 17.5 Å². The highest BCUT2D eigenvalue weighted by atomic mass is 32.1. The van der Waals surface area contributed by atoms with Gasteiger partial charge in [0.2, 0.25) is 0 Å². The molecular formula is C11H9N3O2S. The first-order valence-corrected chi connectivity index (χ1v) is 5.98. The van der Waals surface area contributed by atoms with E-state index in [2.05, 4.69) is 14.9 Å². The lowest BCUT2D eigenvalue weighted by Gasteiger charge is -2.02. The van der Waals surface area contributed by atoms with E-state index in [-0.39, 0.29) is 5.56 Å². The van der Waals surface area contributed by atoms with Gasteiger partial charge >= 0.3 is 0 Å². The third-order valence-electron chi connectivity index (χ3n) is 2.66. The quantitative estimate of drug-likeness (QED) is 0.692. The Balaban J connectivity index is 2.09. The zero-order valence-electron chi connectivity index (χ0n) is 9.08. The first-order chi connectivity index (χ1) is 8.25. The van der Waals surface area contributed by atoms with Crippen molar-refractivity contribution < 1.29 is 4.63 Å². The summed E-state index contributed by atoms with van der Waals surface area (Å²) in [6.07, 6.45) is 1.77. The predicted octanol–water partition coefficient (Wildman–Crippen LogP) is 1.80. The van der Waals surface area contributed by atoms with Crippen LogP contribution in [0.15, 0.2) is 33.1 Å². The maximum absolute atomic E-state index is 12.1. The van der Waals surface area contributed by atoms with Crippen molar-refractivity contribution in [2.24, 2.45) is 0 Å². The third kappa shape index (κ3) is 1.66. The summed E-state index contributed by atoms with van der Waals surface area (Å²) in [5.74, 6) is 0. The average Bonchev–Trinajstić information content (AvgIpc) is 2.92. The summed E-state index contributed by atoms with van der Waals surface area (Å²) in [6.45, 7) is 2.19. The smallest absolute Gasteiger partial charge is 0.259 e. The van der Waals surface area contributed by atoms with Crippen LogP contribution in [0.5, 0.6) is 0 Å². The lowest BCUT2D eigenvalue weighted by molar-refractivity contribution is 0.300. The number of thiophene rings is 1. The molecule has 5 nitrogen and oxygen atoms in total. The van der Waals surface area contributed by atoms with Crippen LogP contribution in [0, 0.1) is 6.92 Å². The molecule has 6 heteroatoms. The Labute approximate surface area is 100 Å². The normalized spacial score (nSPS) is 11.1. The van der Waals surface area contributed by atoms with Gasteiger partial charge in [0.15, 0.2) is 0 Å². The van der Waals surface area contributed by atoms with E-state index in [4.69, 9.17) is 0 Å². The van der Waals surface area contributed by atoms with Crippen LogP contribution in [0.4, 0.5) is 0 Å². The van der Waals surface area contributed by atoms with Crippen LogP contribution in [0.1, 0.15) is 11.4 Å². The maximum atomic E-state index is 12.1. The highest BCUT2D eigenvalue weighted by Crippen LogP contribution is 2.16. The number of hydrogen-bond donors (Lipinski definition) is 0. The summed E-state index contributed by atoms with van der Waals surface area (Å²) < 4.78 is 7.23. The molecule has 3 aromatic rings. The van der Waals surface area contributed by atoms with Gasteiger partial charge in [-0.05, 0) is 24.4 Å². The molecule has 0 saturated heterocycles. The zero-order valence-corrected chi connectivity index (χ0v) is 9.90. The van der Waals surface area contributed by atoms with Gasteiger partial charge in [-0.25, -0.2) is 4.63 Å². The fraction of sp³-hybridized carbons (Fsp3) is 0.182. The Hall–Kier alpha value is -1.95. The third-order valence-corrected chi connectivity index (χ3v) is 3.54. The second-order valence-electron chi connectivity index (χ2n) is 3.74. The maximum Gasteiger partial charge on any atom is 0.259 e. The van der Waals surface area contributed by atoms with Crippen molar-refractivity contribution in [3.05, 3.63) is 45.5 Å². The first-order valence-electron chi connectivity index (χ1n) is 5.10. The number of rotatable bonds is 2. The topological polar surface area (TPSA) is 60.9 Å². The van der Waals surface area contributed by atoms with Crippen molar-refractivity contribution >= 4 is 21.4 Å². The summed E-state index contributed by atoms with van der Waals surface area (Å²) in [7, 11) is 0. The second kappa shape index (κ2) is 3.81. The monoisotopic (exact) mass is 247 g/mol. The lowest BCUT2D eigenvalue weighted by Crippen LogP contribution is -2.19. The SMILES string of the molecule is Cc1nonc1Cn1ccc2sccc2c1=O. The molecule has 3 rings (SSSR count). The molecule has 0 atom stereocenters. The highest BCUT2D eigenvalue weighted by Gasteiger charge is 2.09. The van der Waals surface area contributed by atoms with Crippen LogP contribution in [-0.4, -0.2) is 14.9 Å². The van der Waals surface area contributed by atoms with E-state index in [1.54, 1.807) is 29.0 Å². The number of aromatic nitrogens is 3. The Morgan fingerprint density at radius 1 is 1.41 bits per heavy atom. The van der Waals surface area contributed by atoms with Gasteiger partial charge < -0.3 is 4.57 Å². The standard InChI is InChI=1S/C11H9N3O2S/c1-7-9(13-16-12-7)6-14-4-2-10-8(11(14)15)3-5-17-10/h2-5H,6H2,1H3. The average molecular weight is 247 g/mol. The van der Waals surface area contributed by atoms with Crippen molar-refractivity contribution in [2.75, 3.05) is 0 Å². The Morgan fingerprint density at radius 2 is 2.29 bits per heavy atom. The van der Waals surface area contributed by atoms with E-state index in [1.165, 1.54) is 0 Å². The summed E-state index contributed by atoms with van der Waals surface area (Å²) >= 11 is 1.56. The predicted molar refractivity (Wildman–Crippen MR) is 64.2 cm³/mol. The number of hydrogen-bond acceptors (Lipinski definition) is 5. The Kier molecular flexibility index (Phi) is 2.29. The molecule has 0 unspecified atom stereocenters. The molecule has 0 bridgehead atoms. The molecule has 0 saturated carbocycles. The van der Waals surface area contributed by atoms with Gasteiger partial charge in [0.05, 0.1) is 11.9 Å². The molecule has 17 heavy (non-hydrogen) atoms. The molecule has 0 amide bonds. The van der Waals surface area contributed by atoms with Crippen molar-refractivity contribution in [3.8, 4) is 0 Å². The largest absolute Gasteiger partial charge is 0.309 e. The van der Waals surface area contributed by atoms with Gasteiger partial charge in [-0.2, -0.15) is 0 Å². The van der Waals surface area contributed by atoms with Crippen LogP contribution >= 0.6 is 11.3 Å². The molecule has 0 radical (unpaired) electrons. The molecule has 0 aromatic carbocycles. The van der Waals surface area contributed by atoms with Crippen molar-refractivity contribution in [2.45, 2.75) is 13.5 Å². The van der Waals surface area contributed by atoms with Gasteiger partial charge in [-0.3, -0.25) is 4.79 Å². The van der Waals surface area contributed by atoms with Gasteiger partial charge in [0, 0.05) is 10.9 Å². The lowest BCUT2D eigenvalue weighted by atomic mass is 10.3. The summed E-state index contributed by atoms with van der Waals surface area (Å²) in [5.41, 5.74) is 1.38. The van der Waals surface area contributed by atoms with Crippen LogP contribution in [0.25, 0.3) is 10.1 Å². The molecule has 3 aromatic heterocycles. The van der Waals surface area contributed by atoms with E-state index < -0.39 is 0 Å².